The van der Waals surface area contributed by atoms with Crippen LogP contribution in [0.1, 0.15) is 18.4 Å². The van der Waals surface area contributed by atoms with Crippen molar-refractivity contribution in [2.24, 2.45) is 0 Å². The Balaban J connectivity index is 1.30. The highest BCUT2D eigenvalue weighted by molar-refractivity contribution is 6.16. The Morgan fingerprint density at radius 1 is 0.532 bits per heavy atom. The topological polar surface area (TPSA) is 64.7 Å². The largest absolute Gasteiger partial charge is 0.456 e. The Hall–Kier alpha value is -6.20. The molecule has 0 saturated heterocycles. The predicted molar refractivity (Wildman–Crippen MR) is 191 cm³/mol. The molecule has 0 fully saturated rings. The van der Waals surface area contributed by atoms with E-state index in [-0.39, 0.29) is 0 Å². The van der Waals surface area contributed by atoms with Crippen LogP contribution in [0.4, 0.5) is 0 Å². The molecule has 1 aliphatic rings. The molecule has 5 aromatic carbocycles. The van der Waals surface area contributed by atoms with Gasteiger partial charge in [-0.25, -0.2) is 15.0 Å². The number of allylic oxidation sites excluding steroid dienone is 4. The first-order valence-corrected chi connectivity index (χ1v) is 15.9. The van der Waals surface area contributed by atoms with Gasteiger partial charge in [0.05, 0.1) is 0 Å². The molecule has 1 aliphatic carbocycles. The van der Waals surface area contributed by atoms with Crippen molar-refractivity contribution in [1.29, 1.82) is 0 Å². The minimum absolute atomic E-state index is 0.594. The van der Waals surface area contributed by atoms with Crippen molar-refractivity contribution in [3.05, 3.63) is 151 Å². The molecule has 0 atom stereocenters. The summed E-state index contributed by atoms with van der Waals surface area (Å²) in [5.74, 6) is 1.84. The summed E-state index contributed by atoms with van der Waals surface area (Å²) in [7, 11) is 0. The van der Waals surface area contributed by atoms with Gasteiger partial charge in [0, 0.05) is 45.2 Å². The molecule has 47 heavy (non-hydrogen) atoms. The molecule has 9 rings (SSSR count). The summed E-state index contributed by atoms with van der Waals surface area (Å²) in [5.41, 5.74) is 8.88. The number of benzene rings is 5. The van der Waals surface area contributed by atoms with Gasteiger partial charge >= 0.3 is 0 Å². The monoisotopic (exact) mass is 604 g/mol. The van der Waals surface area contributed by atoms with E-state index in [0.717, 1.165) is 73.4 Å². The van der Waals surface area contributed by atoms with E-state index in [4.69, 9.17) is 19.4 Å². The number of hydrogen-bond donors (Lipinski definition) is 0. The number of rotatable bonds is 5. The fourth-order valence-electron chi connectivity index (χ4n) is 6.44. The van der Waals surface area contributed by atoms with Crippen molar-refractivity contribution < 1.29 is 4.42 Å². The van der Waals surface area contributed by atoms with Gasteiger partial charge < -0.3 is 4.42 Å². The molecule has 0 amide bonds. The van der Waals surface area contributed by atoms with Crippen LogP contribution in [-0.2, 0) is 0 Å². The van der Waals surface area contributed by atoms with E-state index in [1.807, 2.05) is 54.9 Å². The average Bonchev–Trinajstić information content (AvgIpc) is 3.51. The highest BCUT2D eigenvalue weighted by Crippen LogP contribution is 2.41. The quantitative estimate of drug-likeness (QED) is 0.196. The van der Waals surface area contributed by atoms with E-state index in [1.54, 1.807) is 0 Å². The van der Waals surface area contributed by atoms with Gasteiger partial charge in [-0.15, -0.1) is 0 Å². The van der Waals surface area contributed by atoms with Crippen LogP contribution in [0.15, 0.2) is 150 Å². The molecule has 0 unspecified atom stereocenters. The maximum absolute atomic E-state index is 6.58. The number of aromatic nitrogens is 4. The average molecular weight is 605 g/mol. The predicted octanol–water partition coefficient (Wildman–Crippen LogP) is 10.7. The normalized spacial score (nSPS) is 13.0. The molecule has 8 aromatic rings. The summed E-state index contributed by atoms with van der Waals surface area (Å²) in [6.07, 6.45) is 12.6. The summed E-state index contributed by atoms with van der Waals surface area (Å²) in [6.45, 7) is 0. The maximum Gasteiger partial charge on any atom is 0.164 e. The van der Waals surface area contributed by atoms with Crippen molar-refractivity contribution in [3.63, 3.8) is 0 Å². The van der Waals surface area contributed by atoms with Crippen LogP contribution in [-0.4, -0.2) is 19.9 Å². The van der Waals surface area contributed by atoms with E-state index in [0.29, 0.717) is 17.5 Å². The molecule has 0 aliphatic heterocycles. The minimum atomic E-state index is 0.594. The molecule has 222 valence electrons. The third kappa shape index (κ3) is 4.99. The van der Waals surface area contributed by atoms with Crippen molar-refractivity contribution >= 4 is 38.3 Å². The van der Waals surface area contributed by atoms with Crippen molar-refractivity contribution in [3.8, 4) is 45.3 Å². The number of furan rings is 1. The number of hydrogen-bond acceptors (Lipinski definition) is 5. The molecule has 5 heteroatoms. The lowest BCUT2D eigenvalue weighted by Gasteiger charge is -2.12. The molecule has 0 spiro atoms. The molecule has 0 N–H and O–H groups in total. The first kappa shape index (κ1) is 27.1. The Bertz CT molecular complexity index is 2500. The smallest absolute Gasteiger partial charge is 0.164 e. The van der Waals surface area contributed by atoms with E-state index in [1.165, 1.54) is 11.1 Å². The Morgan fingerprint density at radius 2 is 1.23 bits per heavy atom. The van der Waals surface area contributed by atoms with Crippen LogP contribution < -0.4 is 0 Å². The van der Waals surface area contributed by atoms with Gasteiger partial charge in [0.1, 0.15) is 11.2 Å². The highest BCUT2D eigenvalue weighted by atomic mass is 16.3. The summed E-state index contributed by atoms with van der Waals surface area (Å²) in [6, 6.07) is 39.5. The third-order valence-electron chi connectivity index (χ3n) is 8.82. The standard InChI is InChI=1S/C42H28N4O/c1-4-10-27(11-5-1)29-16-18-31(19-17-29)41-44-40(30-14-8-3-9-15-30)45-42(46-41)36-23-33(28-12-6-2-7-13-28)24-38-39(36)35-22-32-20-21-43-26-34(32)25-37(35)47-38/h2-4,6-26H,1,5H2. The van der Waals surface area contributed by atoms with E-state index < -0.39 is 0 Å². The lowest BCUT2D eigenvalue weighted by molar-refractivity contribution is 0.669. The van der Waals surface area contributed by atoms with Crippen LogP contribution in [0, 0.1) is 0 Å². The molecule has 3 aromatic heterocycles. The van der Waals surface area contributed by atoms with Gasteiger partial charge in [-0.05, 0) is 70.8 Å². The zero-order valence-corrected chi connectivity index (χ0v) is 25.5. The van der Waals surface area contributed by atoms with Gasteiger partial charge in [0.15, 0.2) is 17.5 Å². The molecule has 0 bridgehead atoms. The molecule has 3 heterocycles. The van der Waals surface area contributed by atoms with Crippen LogP contribution in [0.2, 0.25) is 0 Å². The van der Waals surface area contributed by atoms with Gasteiger partial charge in [0.25, 0.3) is 0 Å². The van der Waals surface area contributed by atoms with Gasteiger partial charge in [-0.1, -0.05) is 103 Å². The SMILES string of the molecule is C1=CC(c2ccc(-c3nc(-c4ccccc4)nc(-c4cc(-c5ccccc5)cc5oc6cc7cnccc7cc6c45)n3)cc2)=CCC1. The van der Waals surface area contributed by atoms with Gasteiger partial charge in [0.2, 0.25) is 0 Å². The fraction of sp³-hybridized carbons (Fsp3) is 0.0476. The molecular weight excluding hydrogens is 576 g/mol. The second-order valence-electron chi connectivity index (χ2n) is 11.8. The summed E-state index contributed by atoms with van der Waals surface area (Å²) < 4.78 is 6.58. The first-order chi connectivity index (χ1) is 23.3. The molecule has 0 saturated carbocycles. The first-order valence-electron chi connectivity index (χ1n) is 15.9. The van der Waals surface area contributed by atoms with E-state index >= 15 is 0 Å². The van der Waals surface area contributed by atoms with Gasteiger partial charge in [-0.3, -0.25) is 4.98 Å². The second-order valence-corrected chi connectivity index (χ2v) is 11.8. The number of pyridine rings is 1. The third-order valence-corrected chi connectivity index (χ3v) is 8.82. The minimum Gasteiger partial charge on any atom is -0.456 e. The van der Waals surface area contributed by atoms with Crippen LogP contribution in [0.3, 0.4) is 0 Å². The zero-order valence-electron chi connectivity index (χ0n) is 25.5. The maximum atomic E-state index is 6.58. The van der Waals surface area contributed by atoms with Crippen LogP contribution in [0.25, 0.3) is 83.6 Å². The molecule has 0 radical (unpaired) electrons. The van der Waals surface area contributed by atoms with Crippen molar-refractivity contribution in [1.82, 2.24) is 19.9 Å². The molecule has 5 nitrogen and oxygen atoms in total. The highest BCUT2D eigenvalue weighted by Gasteiger charge is 2.20. The Kier molecular flexibility index (Phi) is 6.53. The molecular formula is C42H28N4O. The van der Waals surface area contributed by atoms with Gasteiger partial charge in [-0.2, -0.15) is 0 Å². The summed E-state index contributed by atoms with van der Waals surface area (Å²) >= 11 is 0. The van der Waals surface area contributed by atoms with E-state index in [9.17, 15) is 0 Å². The second kappa shape index (κ2) is 11.3. The zero-order chi connectivity index (χ0) is 31.2. The lowest BCUT2D eigenvalue weighted by atomic mass is 9.97. The number of nitrogens with zero attached hydrogens (tertiary/aromatic N) is 4. The fourth-order valence-corrected chi connectivity index (χ4v) is 6.44. The van der Waals surface area contributed by atoms with E-state index in [2.05, 4.69) is 96.0 Å². The van der Waals surface area contributed by atoms with Crippen molar-refractivity contribution in [2.45, 2.75) is 12.8 Å². The van der Waals surface area contributed by atoms with Crippen LogP contribution >= 0.6 is 0 Å². The Labute approximate surface area is 271 Å². The Morgan fingerprint density at radius 3 is 1.98 bits per heavy atom. The summed E-state index contributed by atoms with van der Waals surface area (Å²) in [5, 5.41) is 4.11. The van der Waals surface area contributed by atoms with Crippen LogP contribution in [0.5, 0.6) is 0 Å². The lowest BCUT2D eigenvalue weighted by Crippen LogP contribution is -2.01. The number of fused-ring (bicyclic) bond motifs is 4. The summed E-state index contributed by atoms with van der Waals surface area (Å²) in [4.78, 5) is 19.6. The van der Waals surface area contributed by atoms with Crippen molar-refractivity contribution in [2.75, 3.05) is 0 Å².